The standard InChI is InChI=1S/C21H20N2O3S/c1-15-6-4-7-16(14-15)26-12-11-22-20(24)17-8-2-3-9-18(17)23-21(25)19-10-5-13-27-19/h2-10,13-14H,11-12H2,1H3,(H,22,24)(H,23,25). The van der Waals surface area contributed by atoms with Crippen LogP contribution in [0.2, 0.25) is 0 Å². The van der Waals surface area contributed by atoms with Gasteiger partial charge >= 0.3 is 0 Å². The smallest absolute Gasteiger partial charge is 0.265 e. The maximum Gasteiger partial charge on any atom is 0.265 e. The molecule has 0 aliphatic carbocycles. The minimum absolute atomic E-state index is 0.229. The quantitative estimate of drug-likeness (QED) is 0.606. The number of thiophene rings is 1. The Labute approximate surface area is 162 Å². The van der Waals surface area contributed by atoms with Gasteiger partial charge in [-0.25, -0.2) is 0 Å². The second kappa shape index (κ2) is 9.00. The molecule has 0 atom stereocenters. The molecule has 1 heterocycles. The zero-order valence-electron chi connectivity index (χ0n) is 14.9. The Morgan fingerprint density at radius 1 is 1.00 bits per heavy atom. The molecule has 2 amide bonds. The van der Waals surface area contributed by atoms with Crippen LogP contribution in [0.3, 0.4) is 0 Å². The van der Waals surface area contributed by atoms with E-state index in [0.717, 1.165) is 11.3 Å². The molecule has 0 bridgehead atoms. The normalized spacial score (nSPS) is 10.3. The van der Waals surface area contributed by atoms with Crippen molar-refractivity contribution in [1.82, 2.24) is 5.32 Å². The lowest BCUT2D eigenvalue weighted by atomic mass is 10.1. The van der Waals surface area contributed by atoms with Crippen molar-refractivity contribution >= 4 is 28.8 Å². The van der Waals surface area contributed by atoms with Crippen LogP contribution in [0.25, 0.3) is 0 Å². The molecular weight excluding hydrogens is 360 g/mol. The lowest BCUT2D eigenvalue weighted by Gasteiger charge is -2.12. The zero-order chi connectivity index (χ0) is 19.1. The summed E-state index contributed by atoms with van der Waals surface area (Å²) in [6, 6.07) is 18.2. The second-order valence-corrected chi connectivity index (χ2v) is 6.85. The summed E-state index contributed by atoms with van der Waals surface area (Å²) in [6.45, 7) is 2.72. The highest BCUT2D eigenvalue weighted by Crippen LogP contribution is 2.18. The van der Waals surface area contributed by atoms with Crippen molar-refractivity contribution in [1.29, 1.82) is 0 Å². The zero-order valence-corrected chi connectivity index (χ0v) is 15.7. The highest BCUT2D eigenvalue weighted by atomic mass is 32.1. The maximum atomic E-state index is 12.5. The predicted molar refractivity (Wildman–Crippen MR) is 108 cm³/mol. The van der Waals surface area contributed by atoms with Crippen LogP contribution < -0.4 is 15.4 Å². The van der Waals surface area contributed by atoms with Gasteiger partial charge < -0.3 is 15.4 Å². The Hall–Kier alpha value is -3.12. The van der Waals surface area contributed by atoms with E-state index in [4.69, 9.17) is 4.74 Å². The SMILES string of the molecule is Cc1cccc(OCCNC(=O)c2ccccc2NC(=O)c2cccs2)c1. The summed E-state index contributed by atoms with van der Waals surface area (Å²) in [7, 11) is 0. The van der Waals surface area contributed by atoms with Gasteiger partial charge in [0, 0.05) is 0 Å². The number of carbonyl (C=O) groups is 2. The van der Waals surface area contributed by atoms with E-state index in [1.807, 2.05) is 42.6 Å². The van der Waals surface area contributed by atoms with Gasteiger partial charge in [-0.3, -0.25) is 9.59 Å². The average molecular weight is 380 g/mol. The first kappa shape index (κ1) is 18.7. The van der Waals surface area contributed by atoms with Crippen LogP contribution in [0.15, 0.2) is 66.0 Å². The van der Waals surface area contributed by atoms with Gasteiger partial charge in [0.25, 0.3) is 11.8 Å². The van der Waals surface area contributed by atoms with E-state index in [-0.39, 0.29) is 11.8 Å². The lowest BCUT2D eigenvalue weighted by Crippen LogP contribution is -2.29. The third-order valence-corrected chi connectivity index (χ3v) is 4.68. The summed E-state index contributed by atoms with van der Waals surface area (Å²) >= 11 is 1.35. The van der Waals surface area contributed by atoms with Crippen molar-refractivity contribution in [3.8, 4) is 5.75 Å². The summed E-state index contributed by atoms with van der Waals surface area (Å²) in [5, 5.41) is 7.45. The Morgan fingerprint density at radius 3 is 2.63 bits per heavy atom. The third-order valence-electron chi connectivity index (χ3n) is 3.81. The molecule has 0 spiro atoms. The van der Waals surface area contributed by atoms with E-state index in [1.165, 1.54) is 11.3 Å². The van der Waals surface area contributed by atoms with Gasteiger partial charge in [0.15, 0.2) is 0 Å². The number of nitrogens with one attached hydrogen (secondary N) is 2. The van der Waals surface area contributed by atoms with Gasteiger partial charge in [-0.15, -0.1) is 11.3 Å². The van der Waals surface area contributed by atoms with Crippen molar-refractivity contribution in [3.63, 3.8) is 0 Å². The van der Waals surface area contributed by atoms with Crippen molar-refractivity contribution in [3.05, 3.63) is 82.0 Å². The fraction of sp³-hybridized carbons (Fsp3) is 0.143. The average Bonchev–Trinajstić information content (AvgIpc) is 3.20. The Morgan fingerprint density at radius 2 is 1.85 bits per heavy atom. The molecular formula is C21H20N2O3S. The van der Waals surface area contributed by atoms with Crippen molar-refractivity contribution in [2.45, 2.75) is 6.92 Å². The molecule has 1 aromatic heterocycles. The molecule has 0 unspecified atom stereocenters. The van der Waals surface area contributed by atoms with Crippen molar-refractivity contribution in [2.75, 3.05) is 18.5 Å². The van der Waals surface area contributed by atoms with Gasteiger partial charge in [-0.1, -0.05) is 30.3 Å². The Balaban J connectivity index is 1.56. The number of hydrogen-bond acceptors (Lipinski definition) is 4. The number of hydrogen-bond donors (Lipinski definition) is 2. The highest BCUT2D eigenvalue weighted by Gasteiger charge is 2.14. The second-order valence-electron chi connectivity index (χ2n) is 5.90. The first-order valence-corrected chi connectivity index (χ1v) is 9.43. The number of carbonyl (C=O) groups excluding carboxylic acids is 2. The fourth-order valence-electron chi connectivity index (χ4n) is 2.52. The molecule has 2 aromatic carbocycles. The third kappa shape index (κ3) is 5.18. The van der Waals surface area contributed by atoms with Crippen LogP contribution in [0.4, 0.5) is 5.69 Å². The number of aryl methyl sites for hydroxylation is 1. The van der Waals surface area contributed by atoms with Gasteiger partial charge in [-0.05, 0) is 48.2 Å². The van der Waals surface area contributed by atoms with Crippen LogP contribution in [0.5, 0.6) is 5.75 Å². The van der Waals surface area contributed by atoms with Crippen LogP contribution in [-0.4, -0.2) is 25.0 Å². The summed E-state index contributed by atoms with van der Waals surface area (Å²) in [4.78, 5) is 25.3. The highest BCUT2D eigenvalue weighted by molar-refractivity contribution is 7.12. The molecule has 2 N–H and O–H groups in total. The molecule has 0 fully saturated rings. The first-order chi connectivity index (χ1) is 13.1. The Bertz CT molecular complexity index is 923. The van der Waals surface area contributed by atoms with Crippen LogP contribution in [0.1, 0.15) is 25.6 Å². The topological polar surface area (TPSA) is 67.4 Å². The molecule has 27 heavy (non-hydrogen) atoms. The van der Waals surface area contributed by atoms with E-state index in [2.05, 4.69) is 10.6 Å². The number of amides is 2. The largest absolute Gasteiger partial charge is 0.492 e. The number of para-hydroxylation sites is 1. The van der Waals surface area contributed by atoms with Gasteiger partial charge in [0.05, 0.1) is 22.7 Å². The van der Waals surface area contributed by atoms with E-state index in [9.17, 15) is 9.59 Å². The summed E-state index contributed by atoms with van der Waals surface area (Å²) in [5.41, 5.74) is 2.01. The molecule has 3 aromatic rings. The fourth-order valence-corrected chi connectivity index (χ4v) is 3.13. The monoisotopic (exact) mass is 380 g/mol. The van der Waals surface area contributed by atoms with E-state index in [0.29, 0.717) is 29.3 Å². The molecule has 5 nitrogen and oxygen atoms in total. The van der Waals surface area contributed by atoms with Gasteiger partial charge in [-0.2, -0.15) is 0 Å². The molecule has 0 aliphatic heterocycles. The number of rotatable bonds is 7. The molecule has 0 aliphatic rings. The van der Waals surface area contributed by atoms with Crippen LogP contribution in [-0.2, 0) is 0 Å². The number of ether oxygens (including phenoxy) is 1. The molecule has 0 radical (unpaired) electrons. The molecule has 3 rings (SSSR count). The summed E-state index contributed by atoms with van der Waals surface area (Å²) in [5.74, 6) is 0.283. The minimum Gasteiger partial charge on any atom is -0.492 e. The number of benzene rings is 2. The summed E-state index contributed by atoms with van der Waals surface area (Å²) < 4.78 is 5.63. The molecule has 138 valence electrons. The predicted octanol–water partition coefficient (Wildman–Crippen LogP) is 4.12. The van der Waals surface area contributed by atoms with Crippen molar-refractivity contribution < 1.29 is 14.3 Å². The molecule has 0 saturated carbocycles. The number of anilines is 1. The first-order valence-electron chi connectivity index (χ1n) is 8.55. The van der Waals surface area contributed by atoms with E-state index in [1.54, 1.807) is 30.3 Å². The van der Waals surface area contributed by atoms with Crippen LogP contribution >= 0.6 is 11.3 Å². The van der Waals surface area contributed by atoms with Crippen molar-refractivity contribution in [2.24, 2.45) is 0 Å². The van der Waals surface area contributed by atoms with Gasteiger partial charge in [0.1, 0.15) is 12.4 Å². The summed E-state index contributed by atoms with van der Waals surface area (Å²) in [6.07, 6.45) is 0. The minimum atomic E-state index is -0.259. The van der Waals surface area contributed by atoms with Crippen LogP contribution in [0, 0.1) is 6.92 Å². The maximum absolute atomic E-state index is 12.5. The van der Waals surface area contributed by atoms with Gasteiger partial charge in [0.2, 0.25) is 0 Å². The molecule has 6 heteroatoms. The Kier molecular flexibility index (Phi) is 6.22. The molecule has 0 saturated heterocycles. The van der Waals surface area contributed by atoms with E-state index >= 15 is 0 Å². The van der Waals surface area contributed by atoms with E-state index < -0.39 is 0 Å². The lowest BCUT2D eigenvalue weighted by molar-refractivity contribution is 0.0948.